The van der Waals surface area contributed by atoms with Crippen LogP contribution in [0.5, 0.6) is 0 Å². The van der Waals surface area contributed by atoms with Crippen LogP contribution in [0.2, 0.25) is 5.02 Å². The highest BCUT2D eigenvalue weighted by molar-refractivity contribution is 6.31. The number of aromatic carboxylic acids is 1. The first-order valence-electron chi connectivity index (χ1n) is 7.64. The smallest absolute Gasteiger partial charge is 0.335 e. The monoisotopic (exact) mass is 358 g/mol. The summed E-state index contributed by atoms with van der Waals surface area (Å²) in [6, 6.07) is 12.9. The molecule has 1 aliphatic heterocycles. The molecule has 128 valence electrons. The van der Waals surface area contributed by atoms with Crippen molar-refractivity contribution in [1.82, 2.24) is 0 Å². The van der Waals surface area contributed by atoms with Crippen molar-refractivity contribution < 1.29 is 19.5 Å². The highest BCUT2D eigenvalue weighted by Crippen LogP contribution is 2.28. The molecule has 7 heteroatoms. The zero-order chi connectivity index (χ0) is 18.0. The quantitative estimate of drug-likeness (QED) is 0.879. The fourth-order valence-corrected chi connectivity index (χ4v) is 2.94. The van der Waals surface area contributed by atoms with Crippen LogP contribution >= 0.6 is 11.6 Å². The van der Waals surface area contributed by atoms with Gasteiger partial charge in [0.1, 0.15) is 0 Å². The lowest BCUT2D eigenvalue weighted by molar-refractivity contribution is -0.122. The van der Waals surface area contributed by atoms with Gasteiger partial charge in [-0.05, 0) is 36.4 Å². The first-order valence-corrected chi connectivity index (χ1v) is 8.02. The van der Waals surface area contributed by atoms with E-state index >= 15 is 0 Å². The molecule has 0 spiro atoms. The Morgan fingerprint density at radius 3 is 2.64 bits per heavy atom. The van der Waals surface area contributed by atoms with E-state index in [1.54, 1.807) is 36.4 Å². The summed E-state index contributed by atoms with van der Waals surface area (Å²) in [7, 11) is 0. The number of carbonyl (C=O) groups is 3. The maximum absolute atomic E-state index is 12.4. The molecule has 0 bridgehead atoms. The fraction of sp³-hybridized carbons (Fsp3) is 0.167. The average molecular weight is 359 g/mol. The van der Waals surface area contributed by atoms with Gasteiger partial charge in [0.2, 0.25) is 11.8 Å². The van der Waals surface area contributed by atoms with Crippen molar-refractivity contribution >= 4 is 40.8 Å². The predicted molar refractivity (Wildman–Crippen MR) is 93.9 cm³/mol. The highest BCUT2D eigenvalue weighted by atomic mass is 35.5. The predicted octanol–water partition coefficient (Wildman–Crippen LogP) is 3.03. The SMILES string of the molecule is O=C(O)c1cccc(NC(=O)[C@@H]2CC(=O)N(c3cccc(Cl)c3)C2)c1. The van der Waals surface area contributed by atoms with Gasteiger partial charge in [0.15, 0.2) is 0 Å². The second-order valence-corrected chi connectivity index (χ2v) is 6.20. The molecule has 3 rings (SSSR count). The lowest BCUT2D eigenvalue weighted by Gasteiger charge is -2.17. The maximum Gasteiger partial charge on any atom is 0.335 e. The molecule has 2 N–H and O–H groups in total. The van der Waals surface area contributed by atoms with E-state index in [1.165, 1.54) is 17.0 Å². The third-order valence-corrected chi connectivity index (χ3v) is 4.23. The van der Waals surface area contributed by atoms with Crippen molar-refractivity contribution in [2.75, 3.05) is 16.8 Å². The summed E-state index contributed by atoms with van der Waals surface area (Å²) in [5, 5.41) is 12.2. The summed E-state index contributed by atoms with van der Waals surface area (Å²) in [4.78, 5) is 37.2. The van der Waals surface area contributed by atoms with Gasteiger partial charge in [-0.3, -0.25) is 9.59 Å². The summed E-state index contributed by atoms with van der Waals surface area (Å²) in [6.07, 6.45) is 0.0942. The number of halogens is 1. The minimum atomic E-state index is -1.07. The Morgan fingerprint density at radius 1 is 1.16 bits per heavy atom. The van der Waals surface area contributed by atoms with E-state index in [1.807, 2.05) is 0 Å². The third kappa shape index (κ3) is 3.80. The molecule has 0 aromatic heterocycles. The number of hydrogen-bond acceptors (Lipinski definition) is 3. The second kappa shape index (κ2) is 6.94. The van der Waals surface area contributed by atoms with Crippen LogP contribution in [0.25, 0.3) is 0 Å². The molecule has 0 radical (unpaired) electrons. The Bertz CT molecular complexity index is 852. The van der Waals surface area contributed by atoms with Crippen LogP contribution in [0, 0.1) is 5.92 Å². The fourth-order valence-electron chi connectivity index (χ4n) is 2.75. The number of hydrogen-bond donors (Lipinski definition) is 2. The Morgan fingerprint density at radius 2 is 1.92 bits per heavy atom. The van der Waals surface area contributed by atoms with Crippen LogP contribution in [-0.4, -0.2) is 29.4 Å². The number of amides is 2. The first kappa shape index (κ1) is 17.0. The van der Waals surface area contributed by atoms with E-state index in [0.717, 1.165) is 0 Å². The Hall–Kier alpha value is -2.86. The van der Waals surface area contributed by atoms with Crippen molar-refractivity contribution in [2.45, 2.75) is 6.42 Å². The van der Waals surface area contributed by atoms with Crippen LogP contribution in [0.15, 0.2) is 48.5 Å². The number of carboxylic acid groups (broad SMARTS) is 1. The molecule has 0 unspecified atom stereocenters. The second-order valence-electron chi connectivity index (χ2n) is 5.76. The minimum absolute atomic E-state index is 0.0841. The average Bonchev–Trinajstić information content (AvgIpc) is 2.97. The molecule has 0 saturated carbocycles. The van der Waals surface area contributed by atoms with Crippen LogP contribution in [-0.2, 0) is 9.59 Å². The third-order valence-electron chi connectivity index (χ3n) is 3.99. The highest BCUT2D eigenvalue weighted by Gasteiger charge is 2.35. The van der Waals surface area contributed by atoms with Crippen molar-refractivity contribution in [3.05, 3.63) is 59.1 Å². The molecule has 25 heavy (non-hydrogen) atoms. The van der Waals surface area contributed by atoms with Crippen molar-refractivity contribution in [1.29, 1.82) is 0 Å². The van der Waals surface area contributed by atoms with Crippen molar-refractivity contribution in [3.63, 3.8) is 0 Å². The molecule has 2 aromatic carbocycles. The molecule has 1 aliphatic rings. The Kier molecular flexibility index (Phi) is 4.72. The van der Waals surface area contributed by atoms with E-state index < -0.39 is 11.9 Å². The standard InChI is InChI=1S/C18H15ClN2O4/c19-13-4-2-6-15(9-13)21-10-12(8-16(21)22)17(23)20-14-5-1-3-11(7-14)18(24)25/h1-7,9,12H,8,10H2,(H,20,23)(H,24,25)/t12-/m1/s1. The van der Waals surface area contributed by atoms with Gasteiger partial charge in [-0.15, -0.1) is 0 Å². The van der Waals surface area contributed by atoms with E-state index in [9.17, 15) is 14.4 Å². The van der Waals surface area contributed by atoms with E-state index in [2.05, 4.69) is 5.32 Å². The molecular formula is C18H15ClN2O4. The maximum atomic E-state index is 12.4. The van der Waals surface area contributed by atoms with Gasteiger partial charge in [0.05, 0.1) is 11.5 Å². The zero-order valence-corrected chi connectivity index (χ0v) is 13.9. The van der Waals surface area contributed by atoms with Gasteiger partial charge in [-0.1, -0.05) is 23.7 Å². The van der Waals surface area contributed by atoms with Gasteiger partial charge in [0.25, 0.3) is 0 Å². The molecule has 2 aromatic rings. The molecule has 1 atom stereocenters. The largest absolute Gasteiger partial charge is 0.478 e. The molecule has 6 nitrogen and oxygen atoms in total. The molecule has 1 heterocycles. The Labute approximate surface area is 149 Å². The number of carbonyl (C=O) groups excluding carboxylic acids is 2. The molecule has 0 aliphatic carbocycles. The summed E-state index contributed by atoms with van der Waals surface area (Å²) < 4.78 is 0. The number of carboxylic acids is 1. The van der Waals surface area contributed by atoms with Gasteiger partial charge in [0, 0.05) is 29.4 Å². The van der Waals surface area contributed by atoms with E-state index in [4.69, 9.17) is 16.7 Å². The van der Waals surface area contributed by atoms with Crippen LogP contribution < -0.4 is 10.2 Å². The van der Waals surface area contributed by atoms with Gasteiger partial charge >= 0.3 is 5.97 Å². The number of benzene rings is 2. The summed E-state index contributed by atoms with van der Waals surface area (Å²) in [5.41, 5.74) is 1.13. The number of rotatable bonds is 4. The normalized spacial score (nSPS) is 16.8. The number of nitrogens with one attached hydrogen (secondary N) is 1. The van der Waals surface area contributed by atoms with Gasteiger partial charge in [-0.25, -0.2) is 4.79 Å². The summed E-state index contributed by atoms with van der Waals surface area (Å²) >= 11 is 5.95. The Balaban J connectivity index is 1.71. The van der Waals surface area contributed by atoms with E-state index in [-0.39, 0.29) is 30.3 Å². The van der Waals surface area contributed by atoms with Gasteiger partial charge in [-0.2, -0.15) is 0 Å². The molecule has 2 amide bonds. The lowest BCUT2D eigenvalue weighted by Crippen LogP contribution is -2.28. The first-order chi connectivity index (χ1) is 11.9. The number of nitrogens with zero attached hydrogens (tertiary/aromatic N) is 1. The van der Waals surface area contributed by atoms with Crippen LogP contribution in [0.1, 0.15) is 16.8 Å². The topological polar surface area (TPSA) is 86.7 Å². The van der Waals surface area contributed by atoms with Crippen molar-refractivity contribution in [3.8, 4) is 0 Å². The lowest BCUT2D eigenvalue weighted by atomic mass is 10.1. The van der Waals surface area contributed by atoms with Crippen LogP contribution in [0.3, 0.4) is 0 Å². The van der Waals surface area contributed by atoms with Crippen LogP contribution in [0.4, 0.5) is 11.4 Å². The zero-order valence-electron chi connectivity index (χ0n) is 13.1. The minimum Gasteiger partial charge on any atom is -0.478 e. The molecule has 1 fully saturated rings. The van der Waals surface area contributed by atoms with Gasteiger partial charge < -0.3 is 15.3 Å². The molecular weight excluding hydrogens is 344 g/mol. The number of anilines is 2. The summed E-state index contributed by atoms with van der Waals surface area (Å²) in [5.74, 6) is -2.05. The van der Waals surface area contributed by atoms with E-state index in [0.29, 0.717) is 16.4 Å². The molecule has 1 saturated heterocycles. The van der Waals surface area contributed by atoms with Crippen molar-refractivity contribution in [2.24, 2.45) is 5.92 Å². The summed E-state index contributed by atoms with van der Waals surface area (Å²) in [6.45, 7) is 0.254.